The molecule has 0 radical (unpaired) electrons. The number of hydrogen-bond acceptors (Lipinski definition) is 2. The van der Waals surface area contributed by atoms with E-state index in [0.717, 1.165) is 31.2 Å². The van der Waals surface area contributed by atoms with Gasteiger partial charge in [-0.05, 0) is 29.4 Å². The van der Waals surface area contributed by atoms with Crippen LogP contribution in [0.3, 0.4) is 0 Å². The van der Waals surface area contributed by atoms with Gasteiger partial charge in [-0.15, -0.1) is 23.2 Å². The Morgan fingerprint density at radius 2 is 1.70 bits per heavy atom. The van der Waals surface area contributed by atoms with Crippen LogP contribution in [-0.4, -0.2) is 26.6 Å². The van der Waals surface area contributed by atoms with E-state index in [1.54, 1.807) is 0 Å². The molecule has 1 saturated carbocycles. The maximum atomic E-state index is 10.6. The van der Waals surface area contributed by atoms with Gasteiger partial charge in [0.25, 0.3) is 0 Å². The summed E-state index contributed by atoms with van der Waals surface area (Å²) >= 11 is 13.2. The van der Waals surface area contributed by atoms with Crippen LogP contribution in [0.25, 0.3) is 0 Å². The molecule has 1 aliphatic rings. The summed E-state index contributed by atoms with van der Waals surface area (Å²) in [6, 6.07) is 8.47. The summed E-state index contributed by atoms with van der Waals surface area (Å²) in [5, 5.41) is 19.4. The molecule has 1 fully saturated rings. The minimum atomic E-state index is -0.923. The highest BCUT2D eigenvalue weighted by atomic mass is 35.5. The maximum absolute atomic E-state index is 10.6. The first-order valence-electron chi connectivity index (χ1n) is 9.90. The van der Waals surface area contributed by atoms with Gasteiger partial charge in [0.15, 0.2) is 0 Å². The highest BCUT2D eigenvalue weighted by Crippen LogP contribution is 2.54. The molecule has 2 rings (SSSR count). The molecule has 27 heavy (non-hydrogen) atoms. The smallest absolute Gasteiger partial charge is 0.303 e. The summed E-state index contributed by atoms with van der Waals surface area (Å²) in [4.78, 5) is 10.6. The van der Waals surface area contributed by atoms with Gasteiger partial charge in [-0.3, -0.25) is 4.79 Å². The van der Waals surface area contributed by atoms with Crippen molar-refractivity contribution in [1.29, 1.82) is 0 Å². The number of carboxylic acids is 1. The van der Waals surface area contributed by atoms with Gasteiger partial charge in [-0.2, -0.15) is 0 Å². The number of benzene rings is 1. The summed E-state index contributed by atoms with van der Waals surface area (Å²) in [5.41, 5.74) is 2.44. The monoisotopic (exact) mass is 414 g/mol. The molecule has 5 heteroatoms. The Morgan fingerprint density at radius 1 is 1.11 bits per heavy atom. The Morgan fingerprint density at radius 3 is 2.26 bits per heavy atom. The Bertz CT molecular complexity index is 619. The normalized spacial score (nSPS) is 24.9. The van der Waals surface area contributed by atoms with Gasteiger partial charge < -0.3 is 10.2 Å². The second kappa shape index (κ2) is 9.15. The molecule has 3 atom stereocenters. The fourth-order valence-electron chi connectivity index (χ4n) is 4.13. The lowest BCUT2D eigenvalue weighted by Gasteiger charge is -2.28. The third-order valence-electron chi connectivity index (χ3n) is 5.69. The van der Waals surface area contributed by atoms with Gasteiger partial charge in [-0.1, -0.05) is 64.3 Å². The number of rotatable bonds is 8. The number of hydrogen-bond donors (Lipinski definition) is 2. The van der Waals surface area contributed by atoms with E-state index in [0.29, 0.717) is 12.8 Å². The van der Waals surface area contributed by atoms with E-state index in [1.165, 1.54) is 5.56 Å². The van der Waals surface area contributed by atoms with Gasteiger partial charge in [0.05, 0.1) is 6.10 Å². The van der Waals surface area contributed by atoms with Crippen LogP contribution in [0.15, 0.2) is 24.3 Å². The van der Waals surface area contributed by atoms with Crippen molar-refractivity contribution in [3.63, 3.8) is 0 Å². The molecule has 0 amide bonds. The Hall–Kier alpha value is -0.770. The Kier molecular flexibility index (Phi) is 7.63. The van der Waals surface area contributed by atoms with Crippen molar-refractivity contribution >= 4 is 29.2 Å². The van der Waals surface area contributed by atoms with E-state index in [2.05, 4.69) is 45.0 Å². The van der Waals surface area contributed by atoms with E-state index >= 15 is 0 Å². The van der Waals surface area contributed by atoms with Crippen LogP contribution in [0.5, 0.6) is 0 Å². The van der Waals surface area contributed by atoms with Gasteiger partial charge in [0.2, 0.25) is 0 Å². The molecule has 2 N–H and O–H groups in total. The van der Waals surface area contributed by atoms with Crippen LogP contribution in [-0.2, 0) is 10.2 Å². The molecule has 0 heterocycles. The standard InChI is InChI=1S/C22H32Cl2O3/c1-21(2,3)16-12-10-15(11-13-16)20-17(22(23,24)14-18(20)25)8-6-4-5-7-9-19(26)27/h10-13,17-18,20,25H,4-9,14H2,1-3H3,(H,26,27). The molecule has 0 aliphatic heterocycles. The first-order chi connectivity index (χ1) is 12.5. The van der Waals surface area contributed by atoms with E-state index in [4.69, 9.17) is 28.3 Å². The SMILES string of the molecule is CC(C)(C)c1ccc(C2C(O)CC(Cl)(Cl)C2CCCCCCC(=O)O)cc1. The predicted molar refractivity (Wildman–Crippen MR) is 112 cm³/mol. The van der Waals surface area contributed by atoms with E-state index in [1.807, 2.05) is 0 Å². The summed E-state index contributed by atoms with van der Waals surface area (Å²) in [6.07, 6.45) is 4.39. The van der Waals surface area contributed by atoms with E-state index < -0.39 is 16.4 Å². The van der Waals surface area contributed by atoms with E-state index in [9.17, 15) is 9.90 Å². The molecule has 0 saturated heterocycles. The Labute approximate surface area is 173 Å². The highest BCUT2D eigenvalue weighted by molar-refractivity contribution is 6.48. The summed E-state index contributed by atoms with van der Waals surface area (Å²) in [7, 11) is 0. The molecule has 0 spiro atoms. The molecule has 0 aromatic heterocycles. The largest absolute Gasteiger partial charge is 0.481 e. The second-order valence-electron chi connectivity index (χ2n) is 8.88. The Balaban J connectivity index is 2.03. The number of halogens is 2. The van der Waals surface area contributed by atoms with Crippen LogP contribution in [0.2, 0.25) is 0 Å². The molecule has 1 aromatic carbocycles. The van der Waals surface area contributed by atoms with Gasteiger partial charge in [0, 0.05) is 24.7 Å². The van der Waals surface area contributed by atoms with Crippen molar-refractivity contribution in [2.75, 3.05) is 0 Å². The molecule has 152 valence electrons. The third-order valence-corrected chi connectivity index (χ3v) is 6.56. The summed E-state index contributed by atoms with van der Waals surface area (Å²) in [5.74, 6) is -0.808. The van der Waals surface area contributed by atoms with Crippen molar-refractivity contribution in [3.05, 3.63) is 35.4 Å². The minimum Gasteiger partial charge on any atom is -0.481 e. The van der Waals surface area contributed by atoms with Gasteiger partial charge >= 0.3 is 5.97 Å². The first-order valence-corrected chi connectivity index (χ1v) is 10.7. The summed E-state index contributed by atoms with van der Waals surface area (Å²) < 4.78 is -0.923. The van der Waals surface area contributed by atoms with Crippen LogP contribution in [0, 0.1) is 5.92 Å². The molecule has 3 unspecified atom stereocenters. The predicted octanol–water partition coefficient (Wildman–Crippen LogP) is 6.05. The lowest BCUT2D eigenvalue weighted by molar-refractivity contribution is -0.137. The fraction of sp³-hybridized carbons (Fsp3) is 0.682. The van der Waals surface area contributed by atoms with Gasteiger partial charge in [-0.25, -0.2) is 0 Å². The van der Waals surface area contributed by atoms with Gasteiger partial charge in [0.1, 0.15) is 4.33 Å². The van der Waals surface area contributed by atoms with Crippen LogP contribution >= 0.6 is 23.2 Å². The van der Waals surface area contributed by atoms with Crippen molar-refractivity contribution < 1.29 is 15.0 Å². The summed E-state index contributed by atoms with van der Waals surface area (Å²) in [6.45, 7) is 6.55. The number of aliphatic hydroxyl groups is 1. The zero-order chi connectivity index (χ0) is 20.2. The average Bonchev–Trinajstić information content (AvgIpc) is 2.78. The number of carboxylic acid groups (broad SMARTS) is 1. The first kappa shape index (κ1) is 22.5. The second-order valence-corrected chi connectivity index (χ2v) is 10.4. The lowest BCUT2D eigenvalue weighted by atomic mass is 9.81. The number of alkyl halides is 2. The van der Waals surface area contributed by atoms with Crippen molar-refractivity contribution in [1.82, 2.24) is 0 Å². The fourth-order valence-corrected chi connectivity index (χ4v) is 4.94. The molecule has 1 aromatic rings. The lowest BCUT2D eigenvalue weighted by Crippen LogP contribution is -2.23. The maximum Gasteiger partial charge on any atom is 0.303 e. The molecule has 1 aliphatic carbocycles. The van der Waals surface area contributed by atoms with Crippen LogP contribution in [0.1, 0.15) is 82.8 Å². The highest BCUT2D eigenvalue weighted by Gasteiger charge is 2.51. The molecule has 3 nitrogen and oxygen atoms in total. The molecular weight excluding hydrogens is 383 g/mol. The number of unbranched alkanes of at least 4 members (excludes halogenated alkanes) is 3. The number of aliphatic carboxylic acids is 1. The quantitative estimate of drug-likeness (QED) is 0.402. The van der Waals surface area contributed by atoms with Crippen molar-refractivity contribution in [3.8, 4) is 0 Å². The van der Waals surface area contributed by atoms with Crippen molar-refractivity contribution in [2.45, 2.75) is 87.5 Å². The zero-order valence-electron chi connectivity index (χ0n) is 16.5. The number of carbonyl (C=O) groups is 1. The third kappa shape index (κ3) is 6.10. The topological polar surface area (TPSA) is 57.5 Å². The number of aliphatic hydroxyl groups excluding tert-OH is 1. The van der Waals surface area contributed by atoms with E-state index in [-0.39, 0.29) is 23.7 Å². The average molecular weight is 415 g/mol. The van der Waals surface area contributed by atoms with Crippen LogP contribution in [0.4, 0.5) is 0 Å². The minimum absolute atomic E-state index is 0.00389. The molecular formula is C22H32Cl2O3. The van der Waals surface area contributed by atoms with Crippen molar-refractivity contribution in [2.24, 2.45) is 5.92 Å². The van der Waals surface area contributed by atoms with Crippen LogP contribution < -0.4 is 0 Å². The zero-order valence-corrected chi connectivity index (χ0v) is 18.1. The molecule has 0 bridgehead atoms.